The van der Waals surface area contributed by atoms with E-state index in [1.54, 1.807) is 0 Å². The van der Waals surface area contributed by atoms with Gasteiger partial charge in [-0.15, -0.1) is 0 Å². The second kappa shape index (κ2) is 5.74. The zero-order valence-electron chi connectivity index (χ0n) is 12.1. The van der Waals surface area contributed by atoms with Gasteiger partial charge in [-0.2, -0.15) is 0 Å². The highest BCUT2D eigenvalue weighted by Gasteiger charge is 2.08. The quantitative estimate of drug-likeness (QED) is 0.740. The van der Waals surface area contributed by atoms with Crippen molar-refractivity contribution < 1.29 is 0 Å². The molecule has 0 aliphatic carbocycles. The second-order valence-corrected chi connectivity index (χ2v) is 5.35. The molecule has 3 aromatic rings. The highest BCUT2D eigenvalue weighted by molar-refractivity contribution is 6.29. The first-order chi connectivity index (χ1) is 10.2. The van der Waals surface area contributed by atoms with Gasteiger partial charge in [0, 0.05) is 18.8 Å². The van der Waals surface area contributed by atoms with Crippen LogP contribution < -0.4 is 5.32 Å². The number of pyridine rings is 1. The Morgan fingerprint density at radius 2 is 2.00 bits per heavy atom. The van der Waals surface area contributed by atoms with Crippen molar-refractivity contribution in [2.24, 2.45) is 0 Å². The molecule has 1 aromatic carbocycles. The van der Waals surface area contributed by atoms with Crippen LogP contribution in [0.4, 0.5) is 5.95 Å². The summed E-state index contributed by atoms with van der Waals surface area (Å²) in [7, 11) is 0. The van der Waals surface area contributed by atoms with Crippen LogP contribution in [0.5, 0.6) is 0 Å². The molecule has 0 unspecified atom stereocenters. The lowest BCUT2D eigenvalue weighted by molar-refractivity contribution is 0.787. The molecule has 0 saturated carbocycles. The van der Waals surface area contributed by atoms with E-state index in [1.165, 1.54) is 0 Å². The van der Waals surface area contributed by atoms with E-state index < -0.39 is 0 Å². The van der Waals surface area contributed by atoms with E-state index in [0.29, 0.717) is 11.7 Å². The zero-order valence-corrected chi connectivity index (χ0v) is 12.9. The van der Waals surface area contributed by atoms with Gasteiger partial charge in [0.05, 0.1) is 11.0 Å². The molecule has 4 nitrogen and oxygen atoms in total. The fourth-order valence-corrected chi connectivity index (χ4v) is 2.78. The second-order valence-electron chi connectivity index (χ2n) is 4.96. The van der Waals surface area contributed by atoms with Crippen LogP contribution in [-0.4, -0.2) is 14.5 Å². The fourth-order valence-electron chi connectivity index (χ4n) is 2.51. The van der Waals surface area contributed by atoms with E-state index in [9.17, 15) is 0 Å². The molecule has 5 heteroatoms. The Morgan fingerprint density at radius 3 is 2.76 bits per heavy atom. The number of halogens is 1. The third kappa shape index (κ3) is 2.85. The Balaban J connectivity index is 1.88. The molecule has 0 saturated heterocycles. The lowest BCUT2D eigenvalue weighted by Crippen LogP contribution is -2.07. The van der Waals surface area contributed by atoms with Crippen molar-refractivity contribution in [2.45, 2.75) is 26.9 Å². The molecular weight excluding hydrogens is 284 g/mol. The van der Waals surface area contributed by atoms with E-state index in [1.807, 2.05) is 37.3 Å². The van der Waals surface area contributed by atoms with Crippen LogP contribution >= 0.6 is 11.6 Å². The molecule has 0 atom stereocenters. The monoisotopic (exact) mass is 300 g/mol. The van der Waals surface area contributed by atoms with Crippen LogP contribution in [0.25, 0.3) is 11.0 Å². The molecular formula is C16H17ClN4. The number of nitrogens with one attached hydrogen (secondary N) is 1. The summed E-state index contributed by atoms with van der Waals surface area (Å²) in [5, 5.41) is 3.91. The van der Waals surface area contributed by atoms with Crippen LogP contribution in [0.15, 0.2) is 36.4 Å². The maximum Gasteiger partial charge on any atom is 0.204 e. The number of benzene rings is 1. The predicted molar refractivity (Wildman–Crippen MR) is 86.7 cm³/mol. The van der Waals surface area contributed by atoms with E-state index in [2.05, 4.69) is 32.8 Å². The number of hydrogen-bond donors (Lipinski definition) is 1. The first-order valence-electron chi connectivity index (χ1n) is 6.99. The number of imidazole rings is 1. The van der Waals surface area contributed by atoms with Gasteiger partial charge in [0.2, 0.25) is 5.95 Å². The van der Waals surface area contributed by atoms with Gasteiger partial charge >= 0.3 is 0 Å². The minimum Gasteiger partial charge on any atom is -0.352 e. The van der Waals surface area contributed by atoms with Gasteiger partial charge in [-0.1, -0.05) is 23.7 Å². The van der Waals surface area contributed by atoms with Crippen molar-refractivity contribution in [1.82, 2.24) is 14.5 Å². The minimum absolute atomic E-state index is 0.524. The van der Waals surface area contributed by atoms with Crippen molar-refractivity contribution in [3.63, 3.8) is 0 Å². The standard InChI is InChI=1S/C16H17ClN4/c1-3-21-14-7-5-4-6-13(14)20-16(21)18-10-12-8-11(2)19-15(17)9-12/h4-9H,3,10H2,1-2H3,(H,18,20). The summed E-state index contributed by atoms with van der Waals surface area (Å²) >= 11 is 5.99. The summed E-state index contributed by atoms with van der Waals surface area (Å²) in [5.41, 5.74) is 4.17. The molecule has 3 rings (SSSR count). The topological polar surface area (TPSA) is 42.7 Å². The molecule has 0 radical (unpaired) electrons. The van der Waals surface area contributed by atoms with Crippen LogP contribution in [0, 0.1) is 6.92 Å². The van der Waals surface area contributed by atoms with Gasteiger partial charge in [0.15, 0.2) is 0 Å². The first kappa shape index (κ1) is 13.9. The molecule has 1 N–H and O–H groups in total. The normalized spacial score (nSPS) is 11.0. The number of fused-ring (bicyclic) bond motifs is 1. The number of para-hydroxylation sites is 2. The van der Waals surface area contributed by atoms with Crippen LogP contribution in [-0.2, 0) is 13.1 Å². The Labute approximate surface area is 128 Å². The first-order valence-corrected chi connectivity index (χ1v) is 7.37. The number of nitrogens with zero attached hydrogens (tertiary/aromatic N) is 3. The Bertz CT molecular complexity index is 759. The van der Waals surface area contributed by atoms with E-state index in [0.717, 1.165) is 34.8 Å². The number of rotatable bonds is 4. The largest absolute Gasteiger partial charge is 0.352 e. The Kier molecular flexibility index (Phi) is 3.80. The summed E-state index contributed by atoms with van der Waals surface area (Å²) < 4.78 is 2.17. The van der Waals surface area contributed by atoms with Crippen molar-refractivity contribution >= 4 is 28.6 Å². The molecule has 21 heavy (non-hydrogen) atoms. The summed E-state index contributed by atoms with van der Waals surface area (Å²) in [6.45, 7) is 5.61. The Hall–Kier alpha value is -2.07. The highest BCUT2D eigenvalue weighted by atomic mass is 35.5. The fraction of sp³-hybridized carbons (Fsp3) is 0.250. The van der Waals surface area contributed by atoms with Crippen LogP contribution in [0.3, 0.4) is 0 Å². The number of hydrogen-bond acceptors (Lipinski definition) is 3. The lowest BCUT2D eigenvalue weighted by atomic mass is 10.2. The smallest absolute Gasteiger partial charge is 0.204 e. The third-order valence-electron chi connectivity index (χ3n) is 3.40. The molecule has 2 aromatic heterocycles. The summed E-state index contributed by atoms with van der Waals surface area (Å²) in [6.07, 6.45) is 0. The minimum atomic E-state index is 0.524. The van der Waals surface area contributed by atoms with Crippen LogP contribution in [0.2, 0.25) is 5.15 Å². The molecule has 0 bridgehead atoms. The average molecular weight is 301 g/mol. The SMILES string of the molecule is CCn1c(NCc2cc(C)nc(Cl)c2)nc2ccccc21. The number of aromatic nitrogens is 3. The lowest BCUT2D eigenvalue weighted by Gasteiger charge is -2.09. The summed E-state index contributed by atoms with van der Waals surface area (Å²) in [6, 6.07) is 12.1. The van der Waals surface area contributed by atoms with Crippen molar-refractivity contribution in [3.8, 4) is 0 Å². The maximum absolute atomic E-state index is 5.99. The number of anilines is 1. The molecule has 0 fully saturated rings. The van der Waals surface area contributed by atoms with Gasteiger partial charge < -0.3 is 9.88 Å². The zero-order chi connectivity index (χ0) is 14.8. The van der Waals surface area contributed by atoms with Crippen molar-refractivity contribution in [2.75, 3.05) is 5.32 Å². The molecule has 0 aliphatic heterocycles. The average Bonchev–Trinajstić information content (AvgIpc) is 2.81. The molecule has 0 amide bonds. The molecule has 0 aliphatic rings. The van der Waals surface area contributed by atoms with Crippen molar-refractivity contribution in [1.29, 1.82) is 0 Å². The highest BCUT2D eigenvalue weighted by Crippen LogP contribution is 2.20. The van der Waals surface area contributed by atoms with Gasteiger partial charge in [-0.05, 0) is 43.7 Å². The molecule has 2 heterocycles. The van der Waals surface area contributed by atoms with Gasteiger partial charge in [0.1, 0.15) is 5.15 Å². The number of aryl methyl sites for hydroxylation is 2. The molecule has 108 valence electrons. The van der Waals surface area contributed by atoms with Gasteiger partial charge in [-0.25, -0.2) is 9.97 Å². The van der Waals surface area contributed by atoms with Gasteiger partial charge in [-0.3, -0.25) is 0 Å². The van der Waals surface area contributed by atoms with Crippen molar-refractivity contribution in [3.05, 3.63) is 52.8 Å². The van der Waals surface area contributed by atoms with Gasteiger partial charge in [0.25, 0.3) is 0 Å². The van der Waals surface area contributed by atoms with E-state index in [-0.39, 0.29) is 0 Å². The van der Waals surface area contributed by atoms with E-state index >= 15 is 0 Å². The van der Waals surface area contributed by atoms with Crippen LogP contribution in [0.1, 0.15) is 18.2 Å². The summed E-state index contributed by atoms with van der Waals surface area (Å²) in [5.74, 6) is 0.879. The third-order valence-corrected chi connectivity index (χ3v) is 3.60. The maximum atomic E-state index is 5.99. The Morgan fingerprint density at radius 1 is 1.19 bits per heavy atom. The predicted octanol–water partition coefficient (Wildman–Crippen LogP) is 4.03. The molecule has 0 spiro atoms. The summed E-state index contributed by atoms with van der Waals surface area (Å²) in [4.78, 5) is 8.82. The van der Waals surface area contributed by atoms with E-state index in [4.69, 9.17) is 11.6 Å².